The predicted molar refractivity (Wildman–Crippen MR) is 37.2 cm³/mol. The van der Waals surface area contributed by atoms with E-state index in [1.165, 1.54) is 14.0 Å². The summed E-state index contributed by atoms with van der Waals surface area (Å²) >= 11 is 0. The van der Waals surface area contributed by atoms with Gasteiger partial charge in [-0.3, -0.25) is 0 Å². The first-order valence-corrected chi connectivity index (χ1v) is 3.32. The molecule has 6 heteroatoms. The molecular formula is C7H6F3N2O. The summed E-state index contributed by atoms with van der Waals surface area (Å²) < 4.78 is 40.8. The Morgan fingerprint density at radius 3 is 2.38 bits per heavy atom. The van der Waals surface area contributed by atoms with Gasteiger partial charge in [-0.1, -0.05) is 0 Å². The van der Waals surface area contributed by atoms with E-state index in [2.05, 4.69) is 14.7 Å². The number of halogens is 3. The molecule has 1 aromatic rings. The van der Waals surface area contributed by atoms with E-state index in [1.807, 2.05) is 6.07 Å². The van der Waals surface area contributed by atoms with Gasteiger partial charge in [0.25, 0.3) is 0 Å². The van der Waals surface area contributed by atoms with Crippen molar-refractivity contribution >= 4 is 0 Å². The summed E-state index contributed by atoms with van der Waals surface area (Å²) in [4.78, 5) is 6.76. The molecule has 0 amide bonds. The van der Waals surface area contributed by atoms with Crippen LogP contribution in [0.15, 0.2) is 0 Å². The van der Waals surface area contributed by atoms with Crippen LogP contribution in [0.1, 0.15) is 11.5 Å². The summed E-state index contributed by atoms with van der Waals surface area (Å²) in [7, 11) is 1.22. The second kappa shape index (κ2) is 3.20. The Morgan fingerprint density at radius 2 is 1.92 bits per heavy atom. The van der Waals surface area contributed by atoms with Gasteiger partial charge in [0.15, 0.2) is 5.69 Å². The minimum atomic E-state index is -4.51. The number of aryl methyl sites for hydroxylation is 1. The first-order chi connectivity index (χ1) is 5.93. The van der Waals surface area contributed by atoms with E-state index >= 15 is 0 Å². The Hall–Kier alpha value is -1.33. The maximum Gasteiger partial charge on any atom is 0.434 e. The predicted octanol–water partition coefficient (Wildman–Crippen LogP) is 1.61. The summed E-state index contributed by atoms with van der Waals surface area (Å²) in [6.07, 6.45) is -4.51. The molecule has 1 rings (SSSR count). The molecule has 1 aromatic heterocycles. The number of alkyl halides is 3. The van der Waals surface area contributed by atoms with Crippen molar-refractivity contribution in [2.45, 2.75) is 13.1 Å². The first-order valence-electron chi connectivity index (χ1n) is 3.32. The van der Waals surface area contributed by atoms with Crippen LogP contribution in [0.2, 0.25) is 0 Å². The smallest absolute Gasteiger partial charge is 0.434 e. The van der Waals surface area contributed by atoms with Gasteiger partial charge in [0, 0.05) is 0 Å². The molecule has 0 aliphatic carbocycles. The Balaban J connectivity index is 3.16. The SMILES string of the molecule is COc1[c]c(C(F)(F)F)nc(C)n1. The van der Waals surface area contributed by atoms with Crippen molar-refractivity contribution in [1.29, 1.82) is 0 Å². The topological polar surface area (TPSA) is 35.0 Å². The summed E-state index contributed by atoms with van der Waals surface area (Å²) in [5.41, 5.74) is -1.11. The fraction of sp³-hybridized carbons (Fsp3) is 0.429. The van der Waals surface area contributed by atoms with E-state index < -0.39 is 11.9 Å². The average Bonchev–Trinajstić information content (AvgIpc) is 2.01. The molecule has 1 radical (unpaired) electrons. The molecule has 0 N–H and O–H groups in total. The fourth-order valence-corrected chi connectivity index (χ4v) is 0.722. The zero-order chi connectivity index (χ0) is 10.1. The van der Waals surface area contributed by atoms with E-state index in [0.717, 1.165) is 0 Å². The Bertz CT molecular complexity index is 311. The van der Waals surface area contributed by atoms with Crippen molar-refractivity contribution in [2.75, 3.05) is 7.11 Å². The highest BCUT2D eigenvalue weighted by molar-refractivity contribution is 5.15. The van der Waals surface area contributed by atoms with Gasteiger partial charge in [0.1, 0.15) is 5.82 Å². The molecule has 0 bridgehead atoms. The van der Waals surface area contributed by atoms with Crippen molar-refractivity contribution in [3.05, 3.63) is 17.6 Å². The standard InChI is InChI=1S/C7H6F3N2O/c1-4-11-5(7(8,9)10)3-6(12-4)13-2/h1-2H3. The van der Waals surface area contributed by atoms with Crippen molar-refractivity contribution < 1.29 is 17.9 Å². The number of methoxy groups -OCH3 is 1. The molecule has 0 aliphatic rings. The van der Waals surface area contributed by atoms with Gasteiger partial charge in [-0.25, -0.2) is 4.98 Å². The summed E-state index contributed by atoms with van der Waals surface area (Å²) in [6, 6.07) is 1.91. The number of nitrogens with zero attached hydrogens (tertiary/aromatic N) is 2. The van der Waals surface area contributed by atoms with Crippen LogP contribution in [0.25, 0.3) is 0 Å². The van der Waals surface area contributed by atoms with E-state index in [9.17, 15) is 13.2 Å². The lowest BCUT2D eigenvalue weighted by atomic mass is 10.4. The maximum atomic E-state index is 12.1. The van der Waals surface area contributed by atoms with Crippen LogP contribution in [-0.4, -0.2) is 17.1 Å². The molecule has 71 valence electrons. The number of ether oxygens (including phenoxy) is 1. The number of rotatable bonds is 1. The van der Waals surface area contributed by atoms with Crippen LogP contribution in [0.5, 0.6) is 5.88 Å². The van der Waals surface area contributed by atoms with Crippen LogP contribution < -0.4 is 4.74 Å². The highest BCUT2D eigenvalue weighted by Crippen LogP contribution is 2.28. The summed E-state index contributed by atoms with van der Waals surface area (Å²) in [6.45, 7) is 1.35. The normalized spacial score (nSPS) is 11.5. The summed E-state index contributed by atoms with van der Waals surface area (Å²) in [5, 5.41) is 0. The van der Waals surface area contributed by atoms with Gasteiger partial charge in [0.05, 0.1) is 13.2 Å². The van der Waals surface area contributed by atoms with Crippen molar-refractivity contribution in [1.82, 2.24) is 9.97 Å². The van der Waals surface area contributed by atoms with E-state index in [4.69, 9.17) is 0 Å². The molecule has 3 nitrogen and oxygen atoms in total. The third-order valence-electron chi connectivity index (χ3n) is 1.22. The van der Waals surface area contributed by atoms with Crippen LogP contribution in [0, 0.1) is 13.0 Å². The molecule has 0 atom stereocenters. The van der Waals surface area contributed by atoms with Gasteiger partial charge in [-0.2, -0.15) is 18.2 Å². The van der Waals surface area contributed by atoms with E-state index in [1.54, 1.807) is 0 Å². The highest BCUT2D eigenvalue weighted by atomic mass is 19.4. The number of aromatic nitrogens is 2. The number of hydrogen-bond donors (Lipinski definition) is 0. The third kappa shape index (κ3) is 2.30. The molecule has 13 heavy (non-hydrogen) atoms. The van der Waals surface area contributed by atoms with Crippen LogP contribution in [-0.2, 0) is 6.18 Å². The second-order valence-corrected chi connectivity index (χ2v) is 2.25. The molecule has 0 aliphatic heterocycles. The zero-order valence-corrected chi connectivity index (χ0v) is 6.94. The second-order valence-electron chi connectivity index (χ2n) is 2.25. The van der Waals surface area contributed by atoms with Crippen molar-refractivity contribution in [3.8, 4) is 5.88 Å². The van der Waals surface area contributed by atoms with Gasteiger partial charge in [-0.15, -0.1) is 0 Å². The fourth-order valence-electron chi connectivity index (χ4n) is 0.722. The largest absolute Gasteiger partial charge is 0.480 e. The van der Waals surface area contributed by atoms with Crippen molar-refractivity contribution in [2.24, 2.45) is 0 Å². The lowest BCUT2D eigenvalue weighted by Gasteiger charge is -2.06. The van der Waals surface area contributed by atoms with E-state index in [0.29, 0.717) is 0 Å². The lowest BCUT2D eigenvalue weighted by molar-refractivity contribution is -0.141. The summed E-state index contributed by atoms with van der Waals surface area (Å²) in [5.74, 6) is -0.206. The molecular weight excluding hydrogens is 185 g/mol. The molecule has 0 fully saturated rings. The van der Waals surface area contributed by atoms with Crippen LogP contribution in [0.4, 0.5) is 13.2 Å². The molecule has 0 saturated carbocycles. The van der Waals surface area contributed by atoms with Crippen LogP contribution >= 0.6 is 0 Å². The monoisotopic (exact) mass is 191 g/mol. The Labute approximate surface area is 72.6 Å². The van der Waals surface area contributed by atoms with Gasteiger partial charge >= 0.3 is 6.18 Å². The van der Waals surface area contributed by atoms with Crippen molar-refractivity contribution in [3.63, 3.8) is 0 Å². The minimum Gasteiger partial charge on any atom is -0.480 e. The van der Waals surface area contributed by atoms with Gasteiger partial charge in [-0.05, 0) is 6.92 Å². The average molecular weight is 191 g/mol. The first kappa shape index (κ1) is 9.76. The molecule has 0 unspecified atom stereocenters. The highest BCUT2D eigenvalue weighted by Gasteiger charge is 2.33. The lowest BCUT2D eigenvalue weighted by Crippen LogP contribution is -2.10. The Morgan fingerprint density at radius 1 is 1.31 bits per heavy atom. The molecule has 0 spiro atoms. The van der Waals surface area contributed by atoms with Crippen LogP contribution in [0.3, 0.4) is 0 Å². The van der Waals surface area contributed by atoms with Gasteiger partial charge < -0.3 is 4.74 Å². The zero-order valence-electron chi connectivity index (χ0n) is 6.94. The van der Waals surface area contributed by atoms with E-state index in [-0.39, 0.29) is 11.7 Å². The molecule has 0 aromatic carbocycles. The quantitative estimate of drug-likeness (QED) is 0.676. The number of hydrogen-bond acceptors (Lipinski definition) is 3. The minimum absolute atomic E-state index is 0.00271. The maximum absolute atomic E-state index is 12.1. The third-order valence-corrected chi connectivity index (χ3v) is 1.22. The molecule has 1 heterocycles. The molecule has 0 saturated heterocycles. The Kier molecular flexibility index (Phi) is 2.40. The van der Waals surface area contributed by atoms with Gasteiger partial charge in [0.2, 0.25) is 5.88 Å².